The Labute approximate surface area is 75.0 Å². The van der Waals surface area contributed by atoms with E-state index in [0.29, 0.717) is 13.1 Å². The molecule has 0 spiro atoms. The van der Waals surface area contributed by atoms with Crippen molar-refractivity contribution in [2.75, 3.05) is 13.1 Å². The molecule has 0 saturated heterocycles. The molecule has 0 bridgehead atoms. The van der Waals surface area contributed by atoms with Crippen LogP contribution in [0.1, 0.15) is 10.5 Å². The average molecular weight is 182 g/mol. The fraction of sp³-hybridized carbons (Fsp3) is 0.250. The van der Waals surface area contributed by atoms with Crippen molar-refractivity contribution in [3.05, 3.63) is 29.8 Å². The lowest BCUT2D eigenvalue weighted by atomic mass is 10.3. The first kappa shape index (κ1) is 9.60. The van der Waals surface area contributed by atoms with E-state index < -0.39 is 5.82 Å². The van der Waals surface area contributed by atoms with Crippen LogP contribution in [0.4, 0.5) is 4.39 Å². The Balaban J connectivity index is 2.61. The topological polar surface area (TPSA) is 68.0 Å². The van der Waals surface area contributed by atoms with Gasteiger partial charge in [-0.15, -0.1) is 0 Å². The second-order valence-electron chi connectivity index (χ2n) is 2.41. The van der Waals surface area contributed by atoms with E-state index >= 15 is 0 Å². The van der Waals surface area contributed by atoms with E-state index in [9.17, 15) is 9.18 Å². The fourth-order valence-corrected chi connectivity index (χ4v) is 0.786. The van der Waals surface area contributed by atoms with Crippen molar-refractivity contribution in [1.29, 1.82) is 0 Å². The molecule has 70 valence electrons. The molecule has 13 heavy (non-hydrogen) atoms. The summed E-state index contributed by atoms with van der Waals surface area (Å²) in [6, 6.07) is 2.51. The van der Waals surface area contributed by atoms with Gasteiger partial charge < -0.3 is 11.1 Å². The van der Waals surface area contributed by atoms with Crippen molar-refractivity contribution in [3.8, 4) is 0 Å². The summed E-state index contributed by atoms with van der Waals surface area (Å²) in [7, 11) is 0. The first-order valence-electron chi connectivity index (χ1n) is 3.84. The van der Waals surface area contributed by atoms with Gasteiger partial charge in [-0.2, -0.15) is 0 Å². The monoisotopic (exact) mass is 182 g/mol. The van der Waals surface area contributed by atoms with Gasteiger partial charge in [0, 0.05) is 13.1 Å². The molecule has 1 amide bonds. The lowest BCUT2D eigenvalue weighted by Gasteiger charge is -2.01. The van der Waals surface area contributed by atoms with Crippen molar-refractivity contribution in [1.82, 2.24) is 10.3 Å². The quantitative estimate of drug-likeness (QED) is 0.686. The molecular weight excluding hydrogens is 172 g/mol. The predicted molar refractivity (Wildman–Crippen MR) is 45.6 cm³/mol. The zero-order valence-corrected chi connectivity index (χ0v) is 6.96. The van der Waals surface area contributed by atoms with Gasteiger partial charge in [-0.3, -0.25) is 4.79 Å². The molecule has 0 aliphatic carbocycles. The number of hydrogen-bond donors (Lipinski definition) is 2. The zero-order chi connectivity index (χ0) is 9.68. The van der Waals surface area contributed by atoms with E-state index in [4.69, 9.17) is 5.73 Å². The molecule has 0 saturated carbocycles. The van der Waals surface area contributed by atoms with E-state index in [-0.39, 0.29) is 11.6 Å². The number of nitrogens with one attached hydrogen (secondary N) is 1. The van der Waals surface area contributed by atoms with Crippen molar-refractivity contribution >= 4 is 5.91 Å². The Morgan fingerprint density at radius 3 is 2.92 bits per heavy atom. The fourth-order valence-electron chi connectivity index (χ4n) is 0.786. The van der Waals surface area contributed by atoms with Crippen LogP contribution in [-0.2, 0) is 0 Å². The smallest absolute Gasteiger partial charge is 0.269 e. The van der Waals surface area contributed by atoms with Crippen LogP contribution in [0.5, 0.6) is 0 Å². The van der Waals surface area contributed by atoms with E-state index in [0.717, 1.165) is 6.20 Å². The van der Waals surface area contributed by atoms with Crippen LogP contribution in [-0.4, -0.2) is 24.0 Å². The van der Waals surface area contributed by atoms with Crippen LogP contribution in [0.3, 0.4) is 0 Å². The predicted octanol–water partition coefficient (Wildman–Crippen LogP) is -0.0908. The third kappa shape index (κ3) is 2.79. The zero-order valence-electron chi connectivity index (χ0n) is 6.96. The first-order chi connectivity index (χ1) is 6.24. The number of carbonyl (C=O) groups is 1. The summed E-state index contributed by atoms with van der Waals surface area (Å²) in [6.07, 6.45) is 0.997. The summed E-state index contributed by atoms with van der Waals surface area (Å²) in [5, 5.41) is 2.52. The third-order valence-corrected chi connectivity index (χ3v) is 1.39. The van der Waals surface area contributed by atoms with Crippen molar-refractivity contribution in [2.45, 2.75) is 0 Å². The van der Waals surface area contributed by atoms with Crippen molar-refractivity contribution < 1.29 is 9.18 Å². The summed E-state index contributed by atoms with van der Waals surface area (Å²) < 4.78 is 12.4. The Hall–Kier alpha value is -1.49. The van der Waals surface area contributed by atoms with Crippen LogP contribution >= 0.6 is 0 Å². The molecule has 1 heterocycles. The molecule has 0 aliphatic rings. The highest BCUT2D eigenvalue weighted by atomic mass is 18.2. The van der Waals surface area contributed by atoms with E-state index in [2.05, 4.69) is 10.3 Å². The number of rotatable bonds is 3. The molecule has 4 nitrogen and oxygen atoms in total. The SMILES string of the molecule is NCCNC(=O)c1ccc([18F])cn1. The van der Waals surface area contributed by atoms with Crippen molar-refractivity contribution in [2.24, 2.45) is 5.73 Å². The van der Waals surface area contributed by atoms with Gasteiger partial charge in [-0.1, -0.05) is 0 Å². The number of carbonyl (C=O) groups excluding carboxylic acids is 1. The summed E-state index contributed by atoms with van der Waals surface area (Å²) >= 11 is 0. The van der Waals surface area contributed by atoms with Gasteiger partial charge in [0.25, 0.3) is 5.91 Å². The lowest BCUT2D eigenvalue weighted by molar-refractivity contribution is 0.0949. The minimum Gasteiger partial charge on any atom is -0.349 e. The largest absolute Gasteiger partial charge is 0.349 e. The van der Waals surface area contributed by atoms with E-state index in [1.165, 1.54) is 12.1 Å². The maximum atomic E-state index is 12.4. The molecule has 0 aromatic carbocycles. The maximum Gasteiger partial charge on any atom is 0.269 e. The molecule has 5 heteroatoms. The number of nitrogens with zero attached hydrogens (tertiary/aromatic N) is 1. The molecular formula is C8H10FN3O. The average Bonchev–Trinajstić information content (AvgIpc) is 2.15. The molecule has 1 rings (SSSR count). The third-order valence-electron chi connectivity index (χ3n) is 1.39. The highest BCUT2D eigenvalue weighted by Gasteiger charge is 2.04. The second-order valence-corrected chi connectivity index (χ2v) is 2.41. The Bertz CT molecular complexity index is 286. The van der Waals surface area contributed by atoms with E-state index in [1.54, 1.807) is 0 Å². The lowest BCUT2D eigenvalue weighted by Crippen LogP contribution is -2.29. The first-order valence-corrected chi connectivity index (χ1v) is 3.84. The summed E-state index contributed by atoms with van der Waals surface area (Å²) in [5.41, 5.74) is 5.37. The molecule has 0 unspecified atom stereocenters. The number of nitrogens with two attached hydrogens (primary N) is 1. The molecule has 1 aromatic rings. The van der Waals surface area contributed by atoms with E-state index in [1.807, 2.05) is 0 Å². The normalized spacial score (nSPS) is 9.69. The summed E-state index contributed by atoms with van der Waals surface area (Å²) in [4.78, 5) is 14.8. The Morgan fingerprint density at radius 1 is 1.62 bits per heavy atom. The van der Waals surface area contributed by atoms with Gasteiger partial charge in [0.2, 0.25) is 0 Å². The highest BCUT2D eigenvalue weighted by Crippen LogP contribution is 1.97. The van der Waals surface area contributed by atoms with Crippen LogP contribution in [0.2, 0.25) is 0 Å². The van der Waals surface area contributed by atoms with Gasteiger partial charge in [0.05, 0.1) is 6.20 Å². The van der Waals surface area contributed by atoms with Gasteiger partial charge in [0.15, 0.2) is 0 Å². The second kappa shape index (κ2) is 4.51. The highest BCUT2D eigenvalue weighted by molar-refractivity contribution is 5.92. The minimum absolute atomic E-state index is 0.190. The molecule has 0 fully saturated rings. The van der Waals surface area contributed by atoms with Gasteiger partial charge in [-0.25, -0.2) is 9.37 Å². The van der Waals surface area contributed by atoms with Gasteiger partial charge in [-0.05, 0) is 12.1 Å². The molecule has 0 aliphatic heterocycles. The van der Waals surface area contributed by atoms with Crippen LogP contribution in [0.25, 0.3) is 0 Å². The standard InChI is InChI=1S/C8H10FN3O/c9-6-1-2-7(12-5-6)8(13)11-4-3-10/h1-2,5H,3-4,10H2,(H,11,13)/i9-1. The van der Waals surface area contributed by atoms with Crippen molar-refractivity contribution in [3.63, 3.8) is 0 Å². The number of aromatic nitrogens is 1. The molecule has 3 N–H and O–H groups in total. The van der Waals surface area contributed by atoms with Crippen LogP contribution in [0.15, 0.2) is 18.3 Å². The number of hydrogen-bond acceptors (Lipinski definition) is 3. The molecule has 0 atom stereocenters. The molecule has 1 aromatic heterocycles. The Morgan fingerprint density at radius 2 is 2.38 bits per heavy atom. The molecule has 0 radical (unpaired) electrons. The summed E-state index contributed by atoms with van der Waals surface area (Å²) in [5.74, 6) is -0.805. The number of halogens is 1. The minimum atomic E-state index is -0.463. The number of pyridine rings is 1. The van der Waals surface area contributed by atoms with Gasteiger partial charge >= 0.3 is 0 Å². The van der Waals surface area contributed by atoms with Crippen LogP contribution < -0.4 is 11.1 Å². The number of amides is 1. The van der Waals surface area contributed by atoms with Gasteiger partial charge in [0.1, 0.15) is 11.5 Å². The Kier molecular flexibility index (Phi) is 3.33. The maximum absolute atomic E-state index is 12.4. The summed E-state index contributed by atoms with van der Waals surface area (Å²) in [6.45, 7) is 0.755. The van der Waals surface area contributed by atoms with Crippen LogP contribution in [0, 0.1) is 5.82 Å².